The van der Waals surface area contributed by atoms with Crippen LogP contribution in [0.1, 0.15) is 38.2 Å². The summed E-state index contributed by atoms with van der Waals surface area (Å²) >= 11 is 0. The van der Waals surface area contributed by atoms with Crippen LogP contribution in [0.4, 0.5) is 13.2 Å². The highest BCUT2D eigenvalue weighted by molar-refractivity contribution is 5.77. The molecule has 132 valence electrons. The molecule has 5 nitrogen and oxygen atoms in total. The molecule has 0 fully saturated rings. The number of alkyl halides is 3. The standard InChI is InChI=1S/C15H22F3NO4/c1-9(6-10(2)20)8-19-13(21)7-14(22,15(16,17)18)12-5-4-11(3)23-12/h4-5,9-10,20,22H,6-8H2,1-3H3,(H,19,21). The first-order chi connectivity index (χ1) is 10.5. The van der Waals surface area contributed by atoms with E-state index in [0.29, 0.717) is 6.42 Å². The molecule has 0 aliphatic rings. The normalized spacial score (nSPS) is 17.4. The van der Waals surface area contributed by atoms with Crippen LogP contribution in [-0.2, 0) is 10.4 Å². The predicted molar refractivity (Wildman–Crippen MR) is 76.5 cm³/mol. The van der Waals surface area contributed by atoms with Crippen molar-refractivity contribution < 1.29 is 32.6 Å². The predicted octanol–water partition coefficient (Wildman–Crippen LogP) is 2.25. The Kier molecular flexibility index (Phi) is 6.24. The molecule has 0 radical (unpaired) electrons. The van der Waals surface area contributed by atoms with E-state index in [1.807, 2.05) is 0 Å². The summed E-state index contributed by atoms with van der Waals surface area (Å²) in [5.74, 6) is -1.57. The third-order valence-electron chi connectivity index (χ3n) is 3.42. The van der Waals surface area contributed by atoms with E-state index in [1.54, 1.807) is 13.8 Å². The fourth-order valence-electron chi connectivity index (χ4n) is 2.23. The maximum Gasteiger partial charge on any atom is 0.425 e. The number of halogens is 3. The Morgan fingerprint density at radius 1 is 1.35 bits per heavy atom. The summed E-state index contributed by atoms with van der Waals surface area (Å²) in [6.45, 7) is 4.88. The third kappa shape index (κ3) is 5.24. The molecule has 0 aliphatic heterocycles. The van der Waals surface area contributed by atoms with Crippen LogP contribution in [0.2, 0.25) is 0 Å². The summed E-state index contributed by atoms with van der Waals surface area (Å²) in [5.41, 5.74) is -3.38. The average molecular weight is 337 g/mol. The van der Waals surface area contributed by atoms with E-state index in [-0.39, 0.29) is 18.2 Å². The van der Waals surface area contributed by atoms with Gasteiger partial charge in [-0.05, 0) is 38.3 Å². The molecule has 0 bridgehead atoms. The van der Waals surface area contributed by atoms with Crippen LogP contribution in [-0.4, -0.2) is 34.9 Å². The van der Waals surface area contributed by atoms with Crippen LogP contribution >= 0.6 is 0 Å². The first-order valence-corrected chi connectivity index (χ1v) is 7.26. The van der Waals surface area contributed by atoms with E-state index in [1.165, 1.54) is 13.0 Å². The zero-order valence-electron chi connectivity index (χ0n) is 13.3. The topological polar surface area (TPSA) is 82.7 Å². The Balaban J connectivity index is 2.77. The maximum atomic E-state index is 13.2. The molecule has 0 aromatic carbocycles. The molecule has 3 unspecified atom stereocenters. The molecule has 8 heteroatoms. The highest BCUT2D eigenvalue weighted by Gasteiger charge is 2.58. The smallest absolute Gasteiger partial charge is 0.425 e. The van der Waals surface area contributed by atoms with Crippen molar-refractivity contribution in [2.45, 2.75) is 51.5 Å². The number of aliphatic hydroxyl groups excluding tert-OH is 1. The SMILES string of the molecule is Cc1ccc(C(O)(CC(=O)NCC(C)CC(C)O)C(F)(F)F)o1. The average Bonchev–Trinajstić information content (AvgIpc) is 2.81. The molecule has 0 spiro atoms. The molecule has 1 amide bonds. The largest absolute Gasteiger partial charge is 0.463 e. The lowest BCUT2D eigenvalue weighted by Crippen LogP contribution is -2.46. The second-order valence-electron chi connectivity index (χ2n) is 5.94. The summed E-state index contributed by atoms with van der Waals surface area (Å²) in [5, 5.41) is 21.6. The van der Waals surface area contributed by atoms with E-state index in [4.69, 9.17) is 4.42 Å². The maximum absolute atomic E-state index is 13.2. The van der Waals surface area contributed by atoms with Crippen LogP contribution in [0.5, 0.6) is 0 Å². The van der Waals surface area contributed by atoms with Gasteiger partial charge in [-0.2, -0.15) is 13.2 Å². The summed E-state index contributed by atoms with van der Waals surface area (Å²) in [7, 11) is 0. The van der Waals surface area contributed by atoms with Crippen molar-refractivity contribution in [2.24, 2.45) is 5.92 Å². The van der Waals surface area contributed by atoms with Gasteiger partial charge in [0.25, 0.3) is 0 Å². The summed E-state index contributed by atoms with van der Waals surface area (Å²) in [6, 6.07) is 2.29. The van der Waals surface area contributed by atoms with Crippen molar-refractivity contribution >= 4 is 5.91 Å². The zero-order chi connectivity index (χ0) is 17.8. The summed E-state index contributed by atoms with van der Waals surface area (Å²) in [6.07, 6.45) is -6.41. The molecule has 0 saturated carbocycles. The zero-order valence-corrected chi connectivity index (χ0v) is 13.3. The number of furan rings is 1. The molecule has 0 saturated heterocycles. The number of carbonyl (C=O) groups is 1. The van der Waals surface area contributed by atoms with Gasteiger partial charge in [-0.1, -0.05) is 6.92 Å². The van der Waals surface area contributed by atoms with Crippen LogP contribution < -0.4 is 5.32 Å². The van der Waals surface area contributed by atoms with Crippen LogP contribution in [0.3, 0.4) is 0 Å². The van der Waals surface area contributed by atoms with E-state index in [9.17, 15) is 28.2 Å². The summed E-state index contributed by atoms with van der Waals surface area (Å²) in [4.78, 5) is 11.8. The Hall–Kier alpha value is -1.54. The van der Waals surface area contributed by atoms with E-state index in [2.05, 4.69) is 5.32 Å². The lowest BCUT2D eigenvalue weighted by Gasteiger charge is -2.28. The molecule has 23 heavy (non-hydrogen) atoms. The number of hydrogen-bond donors (Lipinski definition) is 3. The number of hydrogen-bond acceptors (Lipinski definition) is 4. The number of carbonyl (C=O) groups excluding carboxylic acids is 1. The number of aliphatic hydroxyl groups is 2. The van der Waals surface area contributed by atoms with Crippen molar-refractivity contribution in [3.05, 3.63) is 23.7 Å². The number of nitrogens with one attached hydrogen (secondary N) is 1. The van der Waals surface area contributed by atoms with Crippen LogP contribution in [0.25, 0.3) is 0 Å². The van der Waals surface area contributed by atoms with Crippen molar-refractivity contribution in [2.75, 3.05) is 6.54 Å². The highest BCUT2D eigenvalue weighted by atomic mass is 19.4. The minimum atomic E-state index is -5.06. The van der Waals surface area contributed by atoms with E-state index >= 15 is 0 Å². The third-order valence-corrected chi connectivity index (χ3v) is 3.42. The monoisotopic (exact) mass is 337 g/mol. The van der Waals surface area contributed by atoms with Crippen molar-refractivity contribution in [1.29, 1.82) is 0 Å². The molecule has 1 heterocycles. The number of aryl methyl sites for hydroxylation is 1. The van der Waals surface area contributed by atoms with Gasteiger partial charge in [0.05, 0.1) is 12.5 Å². The lowest BCUT2D eigenvalue weighted by atomic mass is 9.95. The van der Waals surface area contributed by atoms with Gasteiger partial charge < -0.3 is 19.9 Å². The van der Waals surface area contributed by atoms with Gasteiger partial charge in [0.2, 0.25) is 11.5 Å². The molecule has 1 aromatic heterocycles. The van der Waals surface area contributed by atoms with Gasteiger partial charge in [-0.25, -0.2) is 0 Å². The van der Waals surface area contributed by atoms with Gasteiger partial charge in [0, 0.05) is 6.54 Å². The van der Waals surface area contributed by atoms with E-state index < -0.39 is 36.0 Å². The highest BCUT2D eigenvalue weighted by Crippen LogP contribution is 2.42. The minimum Gasteiger partial charge on any atom is -0.463 e. The molecule has 3 N–H and O–H groups in total. The van der Waals surface area contributed by atoms with Gasteiger partial charge in [-0.3, -0.25) is 4.79 Å². The quantitative estimate of drug-likeness (QED) is 0.713. The van der Waals surface area contributed by atoms with Crippen molar-refractivity contribution in [3.63, 3.8) is 0 Å². The van der Waals surface area contributed by atoms with Gasteiger partial charge >= 0.3 is 6.18 Å². The van der Waals surface area contributed by atoms with Crippen molar-refractivity contribution in [1.82, 2.24) is 5.32 Å². The fourth-order valence-corrected chi connectivity index (χ4v) is 2.23. The first kappa shape index (κ1) is 19.5. The van der Waals surface area contributed by atoms with Gasteiger partial charge in [0.1, 0.15) is 11.5 Å². The molecular weight excluding hydrogens is 315 g/mol. The molecule has 1 aromatic rings. The lowest BCUT2D eigenvalue weighted by molar-refractivity contribution is -0.273. The second-order valence-corrected chi connectivity index (χ2v) is 5.94. The number of rotatable bonds is 7. The van der Waals surface area contributed by atoms with Crippen LogP contribution in [0, 0.1) is 12.8 Å². The Morgan fingerprint density at radius 2 is 1.96 bits per heavy atom. The molecule has 3 atom stereocenters. The Bertz CT molecular complexity index is 527. The second kappa shape index (κ2) is 7.35. The molecule has 0 aliphatic carbocycles. The van der Waals surface area contributed by atoms with Gasteiger partial charge in [0.15, 0.2) is 0 Å². The summed E-state index contributed by atoms with van der Waals surface area (Å²) < 4.78 is 44.5. The Morgan fingerprint density at radius 3 is 2.39 bits per heavy atom. The number of amides is 1. The first-order valence-electron chi connectivity index (χ1n) is 7.26. The fraction of sp³-hybridized carbons (Fsp3) is 0.667. The van der Waals surface area contributed by atoms with Crippen molar-refractivity contribution in [3.8, 4) is 0 Å². The molecular formula is C15H22F3NO4. The van der Waals surface area contributed by atoms with Crippen LogP contribution in [0.15, 0.2) is 16.5 Å². The molecule has 1 rings (SSSR count). The Labute approximate surface area is 132 Å². The van der Waals surface area contributed by atoms with E-state index in [0.717, 1.165) is 6.07 Å². The van der Waals surface area contributed by atoms with Gasteiger partial charge in [-0.15, -0.1) is 0 Å². The minimum absolute atomic E-state index is 0.106.